The molecule has 8 heteroatoms. The molecular weight excluding hydrogens is 370 g/mol. The lowest BCUT2D eigenvalue weighted by Gasteiger charge is -2.11. The number of anilines is 1. The predicted octanol–water partition coefficient (Wildman–Crippen LogP) is 4.90. The normalized spacial score (nSPS) is 10.5. The molecule has 0 aliphatic carbocycles. The van der Waals surface area contributed by atoms with E-state index in [-0.39, 0.29) is 22.8 Å². The van der Waals surface area contributed by atoms with Crippen LogP contribution >= 0.6 is 27.5 Å². The van der Waals surface area contributed by atoms with Crippen molar-refractivity contribution in [3.8, 4) is 0 Å². The van der Waals surface area contributed by atoms with Gasteiger partial charge in [-0.25, -0.2) is 8.78 Å². The topological polar surface area (TPSA) is 55.2 Å². The molecule has 0 spiro atoms. The molecule has 0 heterocycles. The monoisotopic (exact) mass is 376 g/mol. The van der Waals surface area contributed by atoms with E-state index in [4.69, 9.17) is 11.6 Å². The van der Waals surface area contributed by atoms with E-state index in [1.165, 1.54) is 6.07 Å². The lowest BCUT2D eigenvalue weighted by Crippen LogP contribution is -2.05. The fraction of sp³-hybridized carbons (Fsp3) is 0.0769. The third-order valence-electron chi connectivity index (χ3n) is 2.70. The Morgan fingerprint density at radius 3 is 2.57 bits per heavy atom. The molecule has 0 aromatic heterocycles. The van der Waals surface area contributed by atoms with Gasteiger partial charge in [0.05, 0.1) is 21.2 Å². The summed E-state index contributed by atoms with van der Waals surface area (Å²) in [7, 11) is 0. The number of nitro benzene ring substituents is 1. The summed E-state index contributed by atoms with van der Waals surface area (Å²) in [4.78, 5) is 10.3. The molecule has 2 aromatic rings. The zero-order valence-corrected chi connectivity index (χ0v) is 12.7. The molecule has 4 nitrogen and oxygen atoms in total. The van der Waals surface area contributed by atoms with Crippen LogP contribution in [0, 0.1) is 21.7 Å². The van der Waals surface area contributed by atoms with Gasteiger partial charge in [0.15, 0.2) is 0 Å². The van der Waals surface area contributed by atoms with Gasteiger partial charge in [-0.15, -0.1) is 0 Å². The van der Waals surface area contributed by atoms with E-state index in [0.29, 0.717) is 10.2 Å². The van der Waals surface area contributed by atoms with Gasteiger partial charge in [-0.05, 0) is 40.2 Å². The second-order valence-corrected chi connectivity index (χ2v) is 5.39. The van der Waals surface area contributed by atoms with Gasteiger partial charge in [0.1, 0.15) is 11.6 Å². The van der Waals surface area contributed by atoms with Crippen molar-refractivity contribution in [3.05, 3.63) is 67.1 Å². The quantitative estimate of drug-likeness (QED) is 0.609. The SMILES string of the molecule is O=[N+]([O-])c1ccc(F)cc1CNc1c(Cl)cc(F)cc1Br. The molecule has 0 saturated carbocycles. The number of rotatable bonds is 4. The van der Waals surface area contributed by atoms with Crippen molar-refractivity contribution in [1.29, 1.82) is 0 Å². The number of nitrogens with zero attached hydrogens (tertiary/aromatic N) is 1. The van der Waals surface area contributed by atoms with Gasteiger partial charge in [-0.1, -0.05) is 11.6 Å². The molecule has 0 amide bonds. The third kappa shape index (κ3) is 3.68. The molecule has 0 saturated heterocycles. The van der Waals surface area contributed by atoms with Crippen molar-refractivity contribution in [3.63, 3.8) is 0 Å². The minimum Gasteiger partial charge on any atom is -0.379 e. The highest BCUT2D eigenvalue weighted by molar-refractivity contribution is 9.10. The van der Waals surface area contributed by atoms with E-state index in [9.17, 15) is 18.9 Å². The number of hydrogen-bond donors (Lipinski definition) is 1. The second-order valence-electron chi connectivity index (χ2n) is 4.13. The van der Waals surface area contributed by atoms with E-state index in [2.05, 4.69) is 21.2 Å². The van der Waals surface area contributed by atoms with Crippen molar-refractivity contribution >= 4 is 38.9 Å². The summed E-state index contributed by atoms with van der Waals surface area (Å²) in [5.74, 6) is -1.10. The Morgan fingerprint density at radius 1 is 1.24 bits per heavy atom. The van der Waals surface area contributed by atoms with Crippen molar-refractivity contribution < 1.29 is 13.7 Å². The third-order valence-corrected chi connectivity index (χ3v) is 3.62. The standard InChI is InChI=1S/C13H8BrClF2N2O2/c14-10-4-9(17)5-11(15)13(10)18-6-7-3-8(16)1-2-12(7)19(20)21/h1-5,18H,6H2. The van der Waals surface area contributed by atoms with E-state index in [1.807, 2.05) is 0 Å². The molecule has 0 atom stereocenters. The molecule has 2 aromatic carbocycles. The number of benzene rings is 2. The molecule has 21 heavy (non-hydrogen) atoms. The highest BCUT2D eigenvalue weighted by Gasteiger charge is 2.15. The van der Waals surface area contributed by atoms with Gasteiger partial charge >= 0.3 is 0 Å². The predicted molar refractivity (Wildman–Crippen MR) is 79.5 cm³/mol. The number of nitrogens with one attached hydrogen (secondary N) is 1. The Hall–Kier alpha value is -1.73. The maximum atomic E-state index is 13.2. The van der Waals surface area contributed by atoms with Crippen LogP contribution in [0.4, 0.5) is 20.2 Å². The van der Waals surface area contributed by atoms with Crippen LogP contribution in [-0.2, 0) is 6.54 Å². The van der Waals surface area contributed by atoms with Gasteiger partial charge in [-0.2, -0.15) is 0 Å². The number of nitro groups is 1. The van der Waals surface area contributed by atoms with Crippen LogP contribution in [0.15, 0.2) is 34.8 Å². The first-order chi connectivity index (χ1) is 9.88. The summed E-state index contributed by atoms with van der Waals surface area (Å²) in [5, 5.41) is 13.8. The Bertz CT molecular complexity index is 690. The lowest BCUT2D eigenvalue weighted by molar-refractivity contribution is -0.385. The summed E-state index contributed by atoms with van der Waals surface area (Å²) in [6.07, 6.45) is 0. The minimum absolute atomic E-state index is 0.0297. The maximum Gasteiger partial charge on any atom is 0.274 e. The maximum absolute atomic E-state index is 13.2. The van der Waals surface area contributed by atoms with Gasteiger partial charge < -0.3 is 5.32 Å². The second kappa shape index (κ2) is 6.36. The highest BCUT2D eigenvalue weighted by Crippen LogP contribution is 2.32. The molecule has 0 fully saturated rings. The smallest absolute Gasteiger partial charge is 0.274 e. The van der Waals surface area contributed by atoms with Crippen LogP contribution in [0.3, 0.4) is 0 Å². The Kier molecular flexibility index (Phi) is 4.74. The van der Waals surface area contributed by atoms with Crippen LogP contribution in [0.1, 0.15) is 5.56 Å². The van der Waals surface area contributed by atoms with Gasteiger partial charge in [0, 0.05) is 17.1 Å². The number of halogens is 4. The average molecular weight is 378 g/mol. The van der Waals surface area contributed by atoms with Crippen molar-refractivity contribution in [2.75, 3.05) is 5.32 Å². The van der Waals surface area contributed by atoms with Crippen LogP contribution in [0.2, 0.25) is 5.02 Å². The largest absolute Gasteiger partial charge is 0.379 e. The molecule has 0 aliphatic heterocycles. The molecule has 2 rings (SSSR count). The lowest BCUT2D eigenvalue weighted by atomic mass is 10.1. The Morgan fingerprint density at radius 2 is 1.95 bits per heavy atom. The first kappa shape index (κ1) is 15.7. The zero-order valence-electron chi connectivity index (χ0n) is 10.4. The van der Waals surface area contributed by atoms with Gasteiger partial charge in [-0.3, -0.25) is 10.1 Å². The molecule has 1 N–H and O–H groups in total. The van der Waals surface area contributed by atoms with Gasteiger partial charge in [0.25, 0.3) is 5.69 Å². The van der Waals surface area contributed by atoms with Crippen molar-refractivity contribution in [1.82, 2.24) is 0 Å². The number of hydrogen-bond acceptors (Lipinski definition) is 3. The van der Waals surface area contributed by atoms with E-state index in [1.54, 1.807) is 0 Å². The van der Waals surface area contributed by atoms with Crippen molar-refractivity contribution in [2.45, 2.75) is 6.54 Å². The summed E-state index contributed by atoms with van der Waals surface area (Å²) in [5.41, 5.74) is 0.321. The van der Waals surface area contributed by atoms with Crippen LogP contribution in [-0.4, -0.2) is 4.92 Å². The summed E-state index contributed by atoms with van der Waals surface area (Å²) in [6.45, 7) is -0.0297. The molecule has 0 radical (unpaired) electrons. The first-order valence-electron chi connectivity index (χ1n) is 5.69. The Balaban J connectivity index is 2.28. The van der Waals surface area contributed by atoms with Crippen LogP contribution in [0.5, 0.6) is 0 Å². The summed E-state index contributed by atoms with van der Waals surface area (Å²) >= 11 is 9.03. The van der Waals surface area contributed by atoms with Crippen LogP contribution < -0.4 is 5.32 Å². The fourth-order valence-electron chi connectivity index (χ4n) is 1.77. The van der Waals surface area contributed by atoms with E-state index < -0.39 is 16.6 Å². The first-order valence-corrected chi connectivity index (χ1v) is 6.87. The van der Waals surface area contributed by atoms with Gasteiger partial charge in [0.2, 0.25) is 0 Å². The molecule has 0 bridgehead atoms. The summed E-state index contributed by atoms with van der Waals surface area (Å²) < 4.78 is 26.7. The molecule has 0 unspecified atom stereocenters. The van der Waals surface area contributed by atoms with E-state index >= 15 is 0 Å². The zero-order chi connectivity index (χ0) is 15.6. The molecule has 0 aliphatic rings. The Labute approximate surface area is 132 Å². The van der Waals surface area contributed by atoms with Crippen molar-refractivity contribution in [2.24, 2.45) is 0 Å². The highest BCUT2D eigenvalue weighted by atomic mass is 79.9. The van der Waals surface area contributed by atoms with Crippen LogP contribution in [0.25, 0.3) is 0 Å². The van der Waals surface area contributed by atoms with E-state index in [0.717, 1.165) is 24.3 Å². The summed E-state index contributed by atoms with van der Waals surface area (Å²) in [6, 6.07) is 5.48. The average Bonchev–Trinajstić information content (AvgIpc) is 2.37. The minimum atomic E-state index is -0.599. The molecular formula is C13H8BrClF2N2O2. The molecule has 110 valence electrons. The fourth-order valence-corrected chi connectivity index (χ4v) is 2.73.